The molecule has 0 spiro atoms. The van der Waals surface area contributed by atoms with Crippen LogP contribution in [-0.4, -0.2) is 21.8 Å². The predicted octanol–water partition coefficient (Wildman–Crippen LogP) is 6.83. The quantitative estimate of drug-likeness (QED) is 0.256. The molecule has 0 N–H and O–H groups in total. The van der Waals surface area contributed by atoms with Gasteiger partial charge in [-0.05, 0) is 19.9 Å². The lowest BCUT2D eigenvalue weighted by molar-refractivity contribution is 0.159. The van der Waals surface area contributed by atoms with Gasteiger partial charge in [-0.3, -0.25) is 0 Å². The molecule has 3 heteroatoms. The molecule has 0 aromatic rings. The molecule has 0 atom stereocenters. The summed E-state index contributed by atoms with van der Waals surface area (Å²) in [6.45, 7) is 14.9. The fraction of sp³-hybridized carbons (Fsp3) is 1.00. The van der Waals surface area contributed by atoms with Crippen LogP contribution in [-0.2, 0) is 8.85 Å². The van der Waals surface area contributed by atoms with E-state index in [2.05, 4.69) is 41.5 Å². The SMILES string of the molecule is CCCCCCCCCCC[Si](OCC)(OCC)C(C)(C)C. The Morgan fingerprint density at radius 3 is 1.41 bits per heavy atom. The van der Waals surface area contributed by atoms with Gasteiger partial charge in [0.05, 0.1) is 0 Å². The Morgan fingerprint density at radius 2 is 1.05 bits per heavy atom. The zero-order chi connectivity index (χ0) is 16.9. The molecule has 0 saturated heterocycles. The van der Waals surface area contributed by atoms with Gasteiger partial charge in [-0.25, -0.2) is 0 Å². The molecule has 2 nitrogen and oxygen atoms in total. The Hall–Kier alpha value is 0.137. The summed E-state index contributed by atoms with van der Waals surface area (Å²) in [5, 5.41) is 0.152. The molecule has 0 fully saturated rings. The van der Waals surface area contributed by atoms with Crippen molar-refractivity contribution in [3.05, 3.63) is 0 Å². The van der Waals surface area contributed by atoms with E-state index >= 15 is 0 Å². The standard InChI is InChI=1S/C19H42O2Si/c1-7-10-11-12-13-14-15-16-17-18-22(20-8-2,21-9-3)19(4,5)6/h7-18H2,1-6H3. The number of rotatable bonds is 14. The Balaban J connectivity index is 4.03. The monoisotopic (exact) mass is 330 g/mol. The maximum atomic E-state index is 6.22. The van der Waals surface area contributed by atoms with E-state index in [-0.39, 0.29) is 5.04 Å². The molecular weight excluding hydrogens is 288 g/mol. The lowest BCUT2D eigenvalue weighted by atomic mass is 10.1. The average molecular weight is 331 g/mol. The Morgan fingerprint density at radius 1 is 0.636 bits per heavy atom. The van der Waals surface area contributed by atoms with Crippen LogP contribution < -0.4 is 0 Å². The summed E-state index contributed by atoms with van der Waals surface area (Å²) in [6, 6.07) is 1.15. The van der Waals surface area contributed by atoms with E-state index < -0.39 is 8.56 Å². The van der Waals surface area contributed by atoms with Gasteiger partial charge in [-0.1, -0.05) is 85.5 Å². The largest absolute Gasteiger partial charge is 0.394 e. The van der Waals surface area contributed by atoms with Crippen LogP contribution in [0.5, 0.6) is 0 Å². The Labute approximate surface area is 141 Å². The van der Waals surface area contributed by atoms with Crippen molar-refractivity contribution < 1.29 is 8.85 Å². The molecule has 0 unspecified atom stereocenters. The lowest BCUT2D eigenvalue weighted by Gasteiger charge is -2.40. The van der Waals surface area contributed by atoms with E-state index in [1.54, 1.807) is 0 Å². The minimum Gasteiger partial charge on any atom is -0.394 e. The van der Waals surface area contributed by atoms with Crippen LogP contribution in [0, 0.1) is 0 Å². The zero-order valence-corrected chi connectivity index (χ0v) is 17.3. The molecule has 0 saturated carbocycles. The van der Waals surface area contributed by atoms with Gasteiger partial charge in [-0.2, -0.15) is 0 Å². The third kappa shape index (κ3) is 8.69. The Kier molecular flexibility index (Phi) is 12.6. The summed E-state index contributed by atoms with van der Waals surface area (Å²) in [7, 11) is -2.08. The van der Waals surface area contributed by atoms with Gasteiger partial charge in [0.15, 0.2) is 0 Å². The van der Waals surface area contributed by atoms with Crippen LogP contribution in [0.2, 0.25) is 11.1 Å². The summed E-state index contributed by atoms with van der Waals surface area (Å²) in [5.74, 6) is 0. The summed E-state index contributed by atoms with van der Waals surface area (Å²) in [4.78, 5) is 0. The Bertz CT molecular complexity index is 242. The number of hydrogen-bond donors (Lipinski definition) is 0. The fourth-order valence-corrected chi connectivity index (χ4v) is 6.76. The molecule has 22 heavy (non-hydrogen) atoms. The summed E-state index contributed by atoms with van der Waals surface area (Å²) < 4.78 is 12.4. The van der Waals surface area contributed by atoms with Crippen LogP contribution >= 0.6 is 0 Å². The number of hydrogen-bond acceptors (Lipinski definition) is 2. The molecule has 0 aliphatic carbocycles. The highest BCUT2D eigenvalue weighted by molar-refractivity contribution is 6.70. The van der Waals surface area contributed by atoms with Crippen LogP contribution in [0.1, 0.15) is 99.3 Å². The van der Waals surface area contributed by atoms with Gasteiger partial charge in [-0.15, -0.1) is 0 Å². The highest BCUT2D eigenvalue weighted by Crippen LogP contribution is 2.41. The first-order chi connectivity index (χ1) is 10.4. The summed E-state index contributed by atoms with van der Waals surface area (Å²) in [5.41, 5.74) is 0. The maximum Gasteiger partial charge on any atom is 0.343 e. The summed E-state index contributed by atoms with van der Waals surface area (Å²) >= 11 is 0. The minimum atomic E-state index is -2.08. The highest BCUT2D eigenvalue weighted by Gasteiger charge is 2.48. The smallest absolute Gasteiger partial charge is 0.343 e. The third-order valence-electron chi connectivity index (χ3n) is 4.51. The van der Waals surface area contributed by atoms with Crippen molar-refractivity contribution in [2.75, 3.05) is 13.2 Å². The second-order valence-electron chi connectivity index (χ2n) is 7.45. The molecule has 0 heterocycles. The first kappa shape index (κ1) is 22.1. The molecule has 0 aliphatic rings. The molecule has 0 aromatic heterocycles. The van der Waals surface area contributed by atoms with Crippen molar-refractivity contribution in [3.8, 4) is 0 Å². The topological polar surface area (TPSA) is 18.5 Å². The van der Waals surface area contributed by atoms with Crippen molar-refractivity contribution in [2.45, 2.75) is 110 Å². The molecule has 0 radical (unpaired) electrons. The van der Waals surface area contributed by atoms with Crippen LogP contribution in [0.4, 0.5) is 0 Å². The molecule has 0 amide bonds. The van der Waals surface area contributed by atoms with Gasteiger partial charge in [0.25, 0.3) is 0 Å². The van der Waals surface area contributed by atoms with Crippen molar-refractivity contribution in [2.24, 2.45) is 0 Å². The minimum absolute atomic E-state index is 0.152. The predicted molar refractivity (Wildman–Crippen MR) is 101 cm³/mol. The van der Waals surface area contributed by atoms with Crippen molar-refractivity contribution in [3.63, 3.8) is 0 Å². The molecule has 134 valence electrons. The zero-order valence-electron chi connectivity index (χ0n) is 16.3. The fourth-order valence-electron chi connectivity index (χ4n) is 3.13. The molecule has 0 aromatic carbocycles. The second-order valence-corrected chi connectivity index (χ2v) is 11.5. The normalized spacial score (nSPS) is 12.8. The van der Waals surface area contributed by atoms with E-state index in [0.717, 1.165) is 19.3 Å². The van der Waals surface area contributed by atoms with E-state index in [4.69, 9.17) is 8.85 Å². The maximum absolute atomic E-state index is 6.22. The van der Waals surface area contributed by atoms with Crippen LogP contribution in [0.25, 0.3) is 0 Å². The van der Waals surface area contributed by atoms with Gasteiger partial charge >= 0.3 is 8.56 Å². The van der Waals surface area contributed by atoms with E-state index in [0.29, 0.717) is 0 Å². The highest BCUT2D eigenvalue weighted by atomic mass is 28.4. The second kappa shape index (κ2) is 12.5. The van der Waals surface area contributed by atoms with Crippen molar-refractivity contribution in [1.82, 2.24) is 0 Å². The summed E-state index contributed by atoms with van der Waals surface area (Å²) in [6.07, 6.45) is 12.4. The van der Waals surface area contributed by atoms with Gasteiger partial charge in [0.2, 0.25) is 0 Å². The van der Waals surface area contributed by atoms with Gasteiger partial charge in [0.1, 0.15) is 0 Å². The van der Waals surface area contributed by atoms with Crippen molar-refractivity contribution in [1.29, 1.82) is 0 Å². The van der Waals surface area contributed by atoms with Crippen LogP contribution in [0.15, 0.2) is 0 Å². The van der Waals surface area contributed by atoms with Crippen LogP contribution in [0.3, 0.4) is 0 Å². The molecule has 0 bridgehead atoms. The lowest BCUT2D eigenvalue weighted by Crippen LogP contribution is -2.50. The third-order valence-corrected chi connectivity index (χ3v) is 9.31. The molecular formula is C19H42O2Si. The van der Waals surface area contributed by atoms with E-state index in [1.165, 1.54) is 57.8 Å². The number of unbranched alkanes of at least 4 members (excludes halogenated alkanes) is 8. The van der Waals surface area contributed by atoms with Gasteiger partial charge < -0.3 is 8.85 Å². The first-order valence-corrected chi connectivity index (χ1v) is 11.7. The average Bonchev–Trinajstić information content (AvgIpc) is 2.44. The first-order valence-electron chi connectivity index (χ1n) is 9.71. The van der Waals surface area contributed by atoms with Gasteiger partial charge in [0, 0.05) is 18.3 Å². The molecule has 0 rings (SSSR count). The molecule has 0 aliphatic heterocycles. The van der Waals surface area contributed by atoms with Crippen molar-refractivity contribution >= 4 is 8.56 Å². The van der Waals surface area contributed by atoms with E-state index in [9.17, 15) is 0 Å². The van der Waals surface area contributed by atoms with E-state index in [1.807, 2.05) is 0 Å².